The van der Waals surface area contributed by atoms with Crippen molar-refractivity contribution in [3.8, 4) is 0 Å². The van der Waals surface area contributed by atoms with Crippen molar-refractivity contribution in [2.75, 3.05) is 0 Å². The normalized spacial score (nSPS) is 10.7. The van der Waals surface area contributed by atoms with Crippen LogP contribution in [0.5, 0.6) is 0 Å². The van der Waals surface area contributed by atoms with Crippen LogP contribution in [0.4, 0.5) is 4.39 Å². The van der Waals surface area contributed by atoms with Crippen LogP contribution in [0.25, 0.3) is 10.9 Å². The molecule has 0 fully saturated rings. The third-order valence-electron chi connectivity index (χ3n) is 1.84. The summed E-state index contributed by atoms with van der Waals surface area (Å²) in [5, 5.41) is 1.14. The molecule has 0 aliphatic heterocycles. The third kappa shape index (κ3) is 1.49. The van der Waals surface area contributed by atoms with Gasteiger partial charge in [-0.05, 0) is 30.7 Å². The van der Waals surface area contributed by atoms with E-state index in [0.29, 0.717) is 10.5 Å². The molecule has 0 bridgehead atoms. The van der Waals surface area contributed by atoms with Crippen LogP contribution in [0.1, 0.15) is 5.56 Å². The number of aromatic nitrogens is 1. The van der Waals surface area contributed by atoms with E-state index in [1.165, 1.54) is 6.07 Å². The molecule has 0 aliphatic rings. The summed E-state index contributed by atoms with van der Waals surface area (Å²) in [5.41, 5.74) is 1.36. The molecule has 0 aliphatic carbocycles. The van der Waals surface area contributed by atoms with Crippen LogP contribution in [0.2, 0.25) is 5.02 Å². The predicted molar refractivity (Wildman–Crippen MR) is 51.4 cm³/mol. The molecule has 3 heteroatoms. The molecule has 0 N–H and O–H groups in total. The molecule has 13 heavy (non-hydrogen) atoms. The first-order chi connectivity index (χ1) is 6.16. The molecule has 0 unspecified atom stereocenters. The van der Waals surface area contributed by atoms with Crippen LogP contribution in [0.15, 0.2) is 24.4 Å². The van der Waals surface area contributed by atoms with Gasteiger partial charge < -0.3 is 0 Å². The number of hydrogen-bond donors (Lipinski definition) is 0. The van der Waals surface area contributed by atoms with E-state index in [1.54, 1.807) is 12.3 Å². The van der Waals surface area contributed by atoms with Gasteiger partial charge in [-0.2, -0.15) is 0 Å². The Bertz CT molecular complexity index is 462. The van der Waals surface area contributed by atoms with Crippen molar-refractivity contribution in [2.24, 2.45) is 0 Å². The Balaban J connectivity index is 2.86. The minimum absolute atomic E-state index is 0.370. The fourth-order valence-corrected chi connectivity index (χ4v) is 1.49. The summed E-state index contributed by atoms with van der Waals surface area (Å²) < 4.78 is 13.2. The van der Waals surface area contributed by atoms with Crippen LogP contribution in [-0.4, -0.2) is 4.98 Å². The number of fused-ring (bicyclic) bond motifs is 1. The lowest BCUT2D eigenvalue weighted by Crippen LogP contribution is -1.85. The molecule has 0 spiro atoms. The Hall–Kier alpha value is -1.15. The van der Waals surface area contributed by atoms with Crippen molar-refractivity contribution >= 4 is 22.5 Å². The van der Waals surface area contributed by atoms with E-state index >= 15 is 0 Å². The summed E-state index contributed by atoms with van der Waals surface area (Å²) >= 11 is 5.71. The zero-order valence-corrected chi connectivity index (χ0v) is 7.77. The molecule has 1 aromatic heterocycles. The molecular weight excluding hydrogens is 189 g/mol. The highest BCUT2D eigenvalue weighted by atomic mass is 35.5. The number of halogens is 2. The molecule has 1 aromatic carbocycles. The standard InChI is InChI=1S/C10H7ClFN/c1-6-2-7-3-8(11)4-9(12)10(7)13-5-6/h2-5H,1H3. The van der Waals surface area contributed by atoms with Crippen molar-refractivity contribution in [3.05, 3.63) is 40.8 Å². The number of nitrogens with zero attached hydrogens (tertiary/aromatic N) is 1. The number of rotatable bonds is 0. The molecule has 0 atom stereocenters. The lowest BCUT2D eigenvalue weighted by molar-refractivity contribution is 0.637. The second kappa shape index (κ2) is 2.96. The first kappa shape index (κ1) is 8.45. The van der Waals surface area contributed by atoms with Gasteiger partial charge in [0.1, 0.15) is 5.52 Å². The van der Waals surface area contributed by atoms with Gasteiger partial charge >= 0.3 is 0 Å². The van der Waals surface area contributed by atoms with Crippen LogP contribution in [0, 0.1) is 12.7 Å². The van der Waals surface area contributed by atoms with Gasteiger partial charge in [-0.15, -0.1) is 0 Å². The minimum Gasteiger partial charge on any atom is -0.253 e. The first-order valence-electron chi connectivity index (χ1n) is 3.88. The summed E-state index contributed by atoms with van der Waals surface area (Å²) in [7, 11) is 0. The first-order valence-corrected chi connectivity index (χ1v) is 4.26. The van der Waals surface area contributed by atoms with Crippen LogP contribution < -0.4 is 0 Å². The summed E-state index contributed by atoms with van der Waals surface area (Å²) in [5.74, 6) is -0.373. The van der Waals surface area contributed by atoms with Crippen LogP contribution in [0.3, 0.4) is 0 Å². The largest absolute Gasteiger partial charge is 0.253 e. The summed E-state index contributed by atoms with van der Waals surface area (Å²) in [6.45, 7) is 1.91. The topological polar surface area (TPSA) is 12.9 Å². The quantitative estimate of drug-likeness (QED) is 0.628. The van der Waals surface area contributed by atoms with E-state index in [2.05, 4.69) is 4.98 Å². The smallest absolute Gasteiger partial charge is 0.150 e. The van der Waals surface area contributed by atoms with Crippen molar-refractivity contribution in [3.63, 3.8) is 0 Å². The Morgan fingerprint density at radius 3 is 2.85 bits per heavy atom. The van der Waals surface area contributed by atoms with Crippen molar-refractivity contribution < 1.29 is 4.39 Å². The molecule has 2 aromatic rings. The highest BCUT2D eigenvalue weighted by Crippen LogP contribution is 2.21. The van der Waals surface area contributed by atoms with Gasteiger partial charge in [0.25, 0.3) is 0 Å². The van der Waals surface area contributed by atoms with E-state index in [-0.39, 0.29) is 5.82 Å². The minimum atomic E-state index is -0.373. The van der Waals surface area contributed by atoms with Gasteiger partial charge in [0.15, 0.2) is 5.82 Å². The van der Waals surface area contributed by atoms with E-state index < -0.39 is 0 Å². The fraction of sp³-hybridized carbons (Fsp3) is 0.100. The predicted octanol–water partition coefficient (Wildman–Crippen LogP) is 3.34. The Morgan fingerprint density at radius 2 is 2.08 bits per heavy atom. The van der Waals surface area contributed by atoms with Gasteiger partial charge in [0.2, 0.25) is 0 Å². The Labute approximate surface area is 80.2 Å². The lowest BCUT2D eigenvalue weighted by Gasteiger charge is -2.00. The van der Waals surface area contributed by atoms with Gasteiger partial charge in [0.05, 0.1) is 0 Å². The van der Waals surface area contributed by atoms with Gasteiger partial charge in [-0.1, -0.05) is 11.6 Å². The van der Waals surface area contributed by atoms with E-state index in [1.807, 2.05) is 13.0 Å². The van der Waals surface area contributed by atoms with Gasteiger partial charge in [-0.25, -0.2) is 4.39 Å². The van der Waals surface area contributed by atoms with Crippen molar-refractivity contribution in [1.82, 2.24) is 4.98 Å². The highest BCUT2D eigenvalue weighted by Gasteiger charge is 2.03. The van der Waals surface area contributed by atoms with Crippen molar-refractivity contribution in [2.45, 2.75) is 6.92 Å². The third-order valence-corrected chi connectivity index (χ3v) is 2.06. The Morgan fingerprint density at radius 1 is 1.31 bits per heavy atom. The highest BCUT2D eigenvalue weighted by molar-refractivity contribution is 6.31. The maximum atomic E-state index is 13.2. The van der Waals surface area contributed by atoms with E-state index in [0.717, 1.165) is 10.9 Å². The average Bonchev–Trinajstić information content (AvgIpc) is 2.02. The maximum absolute atomic E-state index is 13.2. The molecule has 0 amide bonds. The number of hydrogen-bond acceptors (Lipinski definition) is 1. The second-order valence-corrected chi connectivity index (χ2v) is 3.41. The van der Waals surface area contributed by atoms with Gasteiger partial charge in [-0.3, -0.25) is 4.98 Å². The van der Waals surface area contributed by atoms with Crippen molar-refractivity contribution in [1.29, 1.82) is 0 Å². The van der Waals surface area contributed by atoms with E-state index in [9.17, 15) is 4.39 Å². The molecule has 0 saturated heterocycles. The number of pyridine rings is 1. The number of aryl methyl sites for hydroxylation is 1. The fourth-order valence-electron chi connectivity index (χ4n) is 1.28. The Kier molecular flexibility index (Phi) is 1.93. The lowest BCUT2D eigenvalue weighted by atomic mass is 10.2. The monoisotopic (exact) mass is 195 g/mol. The van der Waals surface area contributed by atoms with Crippen LogP contribution in [-0.2, 0) is 0 Å². The molecule has 1 heterocycles. The zero-order chi connectivity index (χ0) is 9.42. The zero-order valence-electron chi connectivity index (χ0n) is 7.01. The molecule has 0 radical (unpaired) electrons. The average molecular weight is 196 g/mol. The van der Waals surface area contributed by atoms with E-state index in [4.69, 9.17) is 11.6 Å². The SMILES string of the molecule is Cc1cnc2c(F)cc(Cl)cc2c1. The maximum Gasteiger partial charge on any atom is 0.150 e. The molecule has 0 saturated carbocycles. The summed E-state index contributed by atoms with van der Waals surface area (Å²) in [6, 6.07) is 4.84. The van der Waals surface area contributed by atoms with Gasteiger partial charge in [0, 0.05) is 16.6 Å². The summed E-state index contributed by atoms with van der Waals surface area (Å²) in [6.07, 6.45) is 1.64. The van der Waals surface area contributed by atoms with Crippen LogP contribution >= 0.6 is 11.6 Å². The second-order valence-electron chi connectivity index (χ2n) is 2.97. The molecule has 2 rings (SSSR count). The molecule has 1 nitrogen and oxygen atoms in total. The summed E-state index contributed by atoms with van der Waals surface area (Å²) in [4.78, 5) is 3.99. The number of benzene rings is 1. The molecular formula is C10H7ClFN. The molecule has 66 valence electrons.